The van der Waals surface area contributed by atoms with Crippen molar-refractivity contribution in [3.63, 3.8) is 0 Å². The summed E-state index contributed by atoms with van der Waals surface area (Å²) in [5.74, 6) is 0.247. The minimum atomic E-state index is -1.49. The summed E-state index contributed by atoms with van der Waals surface area (Å²) in [5.41, 5.74) is 3.95. The fourth-order valence-corrected chi connectivity index (χ4v) is 3.11. The van der Waals surface area contributed by atoms with Crippen LogP contribution >= 0.6 is 0 Å². The Morgan fingerprint density at radius 2 is 1.74 bits per heavy atom. The Morgan fingerprint density at radius 1 is 1.07 bits per heavy atom. The molecular weight excluding hydrogens is 352 g/mol. The molecule has 1 aromatic heterocycles. The molecule has 0 unspecified atom stereocenters. The third-order valence-electron chi connectivity index (χ3n) is 4.92. The third kappa shape index (κ3) is 4.15. The van der Waals surface area contributed by atoms with Gasteiger partial charge in [0.05, 0.1) is 6.61 Å². The standard InChI is InChI=1S/C19H26N2O6/c1-3-11-4-6-12(7-5-11)8-13-10(2)20-21-18(13)27-19-17(25)16(24)15(23)14(9-22)26-19/h4-7,14-17,19,22-25H,3,8-9H2,1-2H3,(H,20,21)/t14-,15-,16+,17-,19-/m1/s1. The predicted octanol–water partition coefficient (Wildman–Crippen LogP) is 0.0500. The van der Waals surface area contributed by atoms with Crippen molar-refractivity contribution in [1.29, 1.82) is 0 Å². The van der Waals surface area contributed by atoms with Crippen LogP contribution in [0.15, 0.2) is 24.3 Å². The van der Waals surface area contributed by atoms with Crippen LogP contribution in [-0.2, 0) is 17.6 Å². The summed E-state index contributed by atoms with van der Waals surface area (Å²) in [6, 6.07) is 8.23. The number of hydrogen-bond acceptors (Lipinski definition) is 7. The van der Waals surface area contributed by atoms with E-state index in [4.69, 9.17) is 9.47 Å². The monoisotopic (exact) mass is 378 g/mol. The van der Waals surface area contributed by atoms with E-state index in [9.17, 15) is 20.4 Å². The van der Waals surface area contributed by atoms with Gasteiger partial charge in [0, 0.05) is 17.7 Å². The van der Waals surface area contributed by atoms with Crippen molar-refractivity contribution < 1.29 is 29.9 Å². The number of aromatic nitrogens is 2. The maximum absolute atomic E-state index is 10.1. The number of H-pyrrole nitrogens is 1. The molecule has 27 heavy (non-hydrogen) atoms. The van der Waals surface area contributed by atoms with Crippen LogP contribution in [0.2, 0.25) is 0 Å². The van der Waals surface area contributed by atoms with E-state index in [-0.39, 0.29) is 5.88 Å². The first-order chi connectivity index (χ1) is 12.9. The summed E-state index contributed by atoms with van der Waals surface area (Å²) in [6.07, 6.45) is -5.15. The minimum absolute atomic E-state index is 0.247. The minimum Gasteiger partial charge on any atom is -0.443 e. The Hall–Kier alpha value is -1.97. The molecule has 3 rings (SSSR count). The summed E-state index contributed by atoms with van der Waals surface area (Å²) in [7, 11) is 0. The predicted molar refractivity (Wildman–Crippen MR) is 96.3 cm³/mol. The zero-order valence-electron chi connectivity index (χ0n) is 15.4. The van der Waals surface area contributed by atoms with E-state index in [0.29, 0.717) is 6.42 Å². The van der Waals surface area contributed by atoms with Crippen LogP contribution in [0.3, 0.4) is 0 Å². The molecule has 0 radical (unpaired) electrons. The summed E-state index contributed by atoms with van der Waals surface area (Å²) in [4.78, 5) is 0. The lowest BCUT2D eigenvalue weighted by Gasteiger charge is -2.39. The van der Waals surface area contributed by atoms with Crippen LogP contribution in [0.25, 0.3) is 0 Å². The number of aliphatic hydroxyl groups excluding tert-OH is 4. The Morgan fingerprint density at radius 3 is 2.37 bits per heavy atom. The van der Waals surface area contributed by atoms with Crippen molar-refractivity contribution in [1.82, 2.24) is 10.2 Å². The van der Waals surface area contributed by atoms with Crippen LogP contribution in [0.4, 0.5) is 0 Å². The lowest BCUT2D eigenvalue weighted by molar-refractivity contribution is -0.278. The highest BCUT2D eigenvalue weighted by molar-refractivity contribution is 5.36. The molecule has 1 saturated heterocycles. The van der Waals surface area contributed by atoms with Crippen molar-refractivity contribution in [3.8, 4) is 5.88 Å². The van der Waals surface area contributed by atoms with Crippen LogP contribution < -0.4 is 4.74 Å². The largest absolute Gasteiger partial charge is 0.443 e. The summed E-state index contributed by atoms with van der Waals surface area (Å²) in [6.45, 7) is 3.45. The van der Waals surface area contributed by atoms with Gasteiger partial charge in [0.15, 0.2) is 0 Å². The van der Waals surface area contributed by atoms with Crippen molar-refractivity contribution in [2.45, 2.75) is 57.4 Å². The third-order valence-corrected chi connectivity index (χ3v) is 4.92. The molecule has 1 aliphatic rings. The molecule has 0 bridgehead atoms. The SMILES string of the molecule is CCc1ccc(Cc2c(O[C@H]3O[C@H](CO)[C@@H](O)[C@H](O)[C@H]3O)n[nH]c2C)cc1. The fraction of sp³-hybridized carbons (Fsp3) is 0.526. The zero-order valence-corrected chi connectivity index (χ0v) is 15.4. The fourth-order valence-electron chi connectivity index (χ4n) is 3.11. The molecule has 8 nitrogen and oxygen atoms in total. The number of nitrogens with zero attached hydrogens (tertiary/aromatic N) is 1. The van der Waals surface area contributed by atoms with E-state index in [1.807, 2.05) is 19.1 Å². The number of hydrogen-bond donors (Lipinski definition) is 5. The molecule has 1 fully saturated rings. The van der Waals surface area contributed by atoms with Gasteiger partial charge in [-0.3, -0.25) is 5.10 Å². The molecule has 5 N–H and O–H groups in total. The first kappa shape index (κ1) is 19.8. The van der Waals surface area contributed by atoms with Gasteiger partial charge in [0.1, 0.15) is 24.4 Å². The van der Waals surface area contributed by atoms with Crippen molar-refractivity contribution in [3.05, 3.63) is 46.6 Å². The molecule has 8 heteroatoms. The van der Waals surface area contributed by atoms with Crippen LogP contribution in [0, 0.1) is 6.92 Å². The average molecular weight is 378 g/mol. The normalized spacial score (nSPS) is 28.3. The highest BCUT2D eigenvalue weighted by Gasteiger charge is 2.45. The highest BCUT2D eigenvalue weighted by atomic mass is 16.7. The van der Waals surface area contributed by atoms with Crippen molar-refractivity contribution in [2.75, 3.05) is 6.61 Å². The van der Waals surface area contributed by atoms with E-state index >= 15 is 0 Å². The molecule has 5 atom stereocenters. The maximum atomic E-state index is 10.1. The van der Waals surface area contributed by atoms with Gasteiger partial charge in [-0.1, -0.05) is 31.2 Å². The van der Waals surface area contributed by atoms with Gasteiger partial charge >= 0.3 is 0 Å². The molecule has 0 saturated carbocycles. The number of benzene rings is 1. The van der Waals surface area contributed by atoms with E-state index in [1.54, 1.807) is 0 Å². The van der Waals surface area contributed by atoms with Crippen LogP contribution in [0.5, 0.6) is 5.88 Å². The second-order valence-corrected chi connectivity index (χ2v) is 6.79. The van der Waals surface area contributed by atoms with Gasteiger partial charge in [-0.05, 0) is 24.5 Å². The first-order valence-electron chi connectivity index (χ1n) is 9.03. The quantitative estimate of drug-likeness (QED) is 0.480. The zero-order chi connectivity index (χ0) is 19.6. The number of ether oxygens (including phenoxy) is 2. The average Bonchev–Trinajstić information content (AvgIpc) is 3.02. The first-order valence-corrected chi connectivity index (χ1v) is 9.03. The van der Waals surface area contributed by atoms with Crippen LogP contribution in [0.1, 0.15) is 29.3 Å². The summed E-state index contributed by atoms with van der Waals surface area (Å²) in [5, 5.41) is 46.2. The summed E-state index contributed by atoms with van der Waals surface area (Å²) >= 11 is 0. The molecule has 0 aliphatic carbocycles. The molecular formula is C19H26N2O6. The summed E-state index contributed by atoms with van der Waals surface area (Å²) < 4.78 is 11.1. The highest BCUT2D eigenvalue weighted by Crippen LogP contribution is 2.28. The van der Waals surface area contributed by atoms with Crippen LogP contribution in [-0.4, -0.2) is 67.9 Å². The molecule has 1 aliphatic heterocycles. The Bertz CT molecular complexity index is 745. The molecule has 2 heterocycles. The number of aliphatic hydroxyl groups is 4. The number of aromatic amines is 1. The Labute approximate surface area is 157 Å². The van der Waals surface area contributed by atoms with Gasteiger partial charge in [0.25, 0.3) is 0 Å². The van der Waals surface area contributed by atoms with E-state index in [1.165, 1.54) is 5.56 Å². The van der Waals surface area contributed by atoms with E-state index in [2.05, 4.69) is 29.3 Å². The lowest BCUT2D eigenvalue weighted by atomic mass is 9.99. The number of nitrogens with one attached hydrogen (secondary N) is 1. The Kier molecular flexibility index (Phi) is 6.13. The molecule has 1 aromatic carbocycles. The number of aryl methyl sites for hydroxylation is 2. The second-order valence-electron chi connectivity index (χ2n) is 6.79. The molecule has 0 amide bonds. The second kappa shape index (κ2) is 8.37. The lowest BCUT2D eigenvalue weighted by Crippen LogP contribution is -2.60. The number of rotatable bonds is 6. The maximum Gasteiger partial charge on any atom is 0.238 e. The van der Waals surface area contributed by atoms with Gasteiger partial charge < -0.3 is 29.9 Å². The van der Waals surface area contributed by atoms with E-state index in [0.717, 1.165) is 23.2 Å². The van der Waals surface area contributed by atoms with Gasteiger partial charge in [-0.2, -0.15) is 0 Å². The van der Waals surface area contributed by atoms with Gasteiger partial charge in [-0.15, -0.1) is 5.10 Å². The topological polar surface area (TPSA) is 128 Å². The smallest absolute Gasteiger partial charge is 0.238 e. The van der Waals surface area contributed by atoms with E-state index < -0.39 is 37.3 Å². The molecule has 0 spiro atoms. The molecule has 2 aromatic rings. The van der Waals surface area contributed by atoms with Gasteiger partial charge in [0.2, 0.25) is 12.2 Å². The van der Waals surface area contributed by atoms with Crippen molar-refractivity contribution >= 4 is 0 Å². The van der Waals surface area contributed by atoms with Crippen molar-refractivity contribution in [2.24, 2.45) is 0 Å². The van der Waals surface area contributed by atoms with Gasteiger partial charge in [-0.25, -0.2) is 0 Å². The molecule has 148 valence electrons. The Balaban J connectivity index is 1.77.